The molecule has 0 saturated carbocycles. The topological polar surface area (TPSA) is 12.0 Å². The molecular weight excluding hydrogens is 239 g/mol. The molecule has 0 aliphatic carbocycles. The summed E-state index contributed by atoms with van der Waals surface area (Å²) in [5.41, 5.74) is 0.396. The molecule has 1 nitrogen and oxygen atoms in total. The third-order valence-corrected chi connectivity index (χ3v) is 2.59. The Morgan fingerprint density at radius 3 is 2.62 bits per heavy atom. The van der Waals surface area contributed by atoms with Gasteiger partial charge < -0.3 is 5.32 Å². The van der Waals surface area contributed by atoms with Crippen LogP contribution in [0, 0.1) is 5.82 Å². The first-order valence-electron chi connectivity index (χ1n) is 5.00. The van der Waals surface area contributed by atoms with Crippen molar-refractivity contribution in [2.75, 3.05) is 6.54 Å². The minimum absolute atomic E-state index is 0.0160. The Labute approximate surface area is 97.6 Å². The maximum Gasteiger partial charge on any atom is 0.254 e. The molecule has 0 fully saturated rings. The first kappa shape index (κ1) is 13.3. The fourth-order valence-electron chi connectivity index (χ4n) is 1.45. The highest BCUT2D eigenvalue weighted by atomic mass is 35.5. The smallest absolute Gasteiger partial charge is 0.254 e. The van der Waals surface area contributed by atoms with Gasteiger partial charge in [0, 0.05) is 5.02 Å². The second-order valence-corrected chi connectivity index (χ2v) is 3.85. The molecule has 1 rings (SSSR count). The fraction of sp³-hybridized carbons (Fsp3) is 0.455. The molecule has 0 aromatic heterocycles. The molecule has 0 saturated heterocycles. The van der Waals surface area contributed by atoms with E-state index in [0.717, 1.165) is 0 Å². The van der Waals surface area contributed by atoms with E-state index in [0.29, 0.717) is 17.1 Å². The van der Waals surface area contributed by atoms with Crippen molar-refractivity contribution < 1.29 is 13.2 Å². The lowest BCUT2D eigenvalue weighted by Gasteiger charge is -2.17. The molecule has 16 heavy (non-hydrogen) atoms. The molecular formula is C11H13ClF3N. The zero-order chi connectivity index (χ0) is 12.1. The summed E-state index contributed by atoms with van der Waals surface area (Å²) in [5, 5.41) is 2.96. The summed E-state index contributed by atoms with van der Waals surface area (Å²) in [4.78, 5) is 0. The lowest BCUT2D eigenvalue weighted by molar-refractivity contribution is 0.0990. The summed E-state index contributed by atoms with van der Waals surface area (Å²) in [7, 11) is 0. The molecule has 0 amide bonds. The Bertz CT molecular complexity index is 344. The number of alkyl halides is 2. The van der Waals surface area contributed by atoms with Gasteiger partial charge in [-0.3, -0.25) is 0 Å². The SMILES string of the molecule is CCNC(Cc1cc(F)ccc1Cl)C(F)F. The number of benzene rings is 1. The molecule has 0 heterocycles. The van der Waals surface area contributed by atoms with Crippen LogP contribution < -0.4 is 5.32 Å². The number of rotatable bonds is 5. The van der Waals surface area contributed by atoms with Crippen molar-refractivity contribution in [3.8, 4) is 0 Å². The lowest BCUT2D eigenvalue weighted by atomic mass is 10.1. The van der Waals surface area contributed by atoms with E-state index in [4.69, 9.17) is 11.6 Å². The number of nitrogens with one attached hydrogen (secondary N) is 1. The van der Waals surface area contributed by atoms with Gasteiger partial charge >= 0.3 is 0 Å². The Balaban J connectivity index is 2.80. The maximum absolute atomic E-state index is 12.9. The van der Waals surface area contributed by atoms with Crippen LogP contribution in [-0.4, -0.2) is 19.0 Å². The molecule has 0 bridgehead atoms. The van der Waals surface area contributed by atoms with E-state index in [-0.39, 0.29) is 6.42 Å². The van der Waals surface area contributed by atoms with Crippen molar-refractivity contribution in [3.63, 3.8) is 0 Å². The molecule has 0 radical (unpaired) electrons. The van der Waals surface area contributed by atoms with Gasteiger partial charge in [0.2, 0.25) is 0 Å². The van der Waals surface area contributed by atoms with Crippen molar-refractivity contribution >= 4 is 11.6 Å². The molecule has 0 aliphatic rings. The van der Waals surface area contributed by atoms with E-state index in [1.165, 1.54) is 18.2 Å². The Kier molecular flexibility index (Phi) is 5.09. The first-order chi connectivity index (χ1) is 7.54. The van der Waals surface area contributed by atoms with E-state index in [1.54, 1.807) is 6.92 Å². The highest BCUT2D eigenvalue weighted by Crippen LogP contribution is 2.20. The van der Waals surface area contributed by atoms with Crippen LogP contribution in [-0.2, 0) is 6.42 Å². The largest absolute Gasteiger partial charge is 0.309 e. The lowest BCUT2D eigenvalue weighted by Crippen LogP contribution is -2.37. The molecule has 90 valence electrons. The van der Waals surface area contributed by atoms with Crippen molar-refractivity contribution in [1.29, 1.82) is 0 Å². The number of hydrogen-bond acceptors (Lipinski definition) is 1. The minimum atomic E-state index is -2.50. The summed E-state index contributed by atoms with van der Waals surface area (Å²) in [6.45, 7) is 2.17. The zero-order valence-corrected chi connectivity index (χ0v) is 9.57. The zero-order valence-electron chi connectivity index (χ0n) is 8.81. The van der Waals surface area contributed by atoms with Crippen LogP contribution in [0.25, 0.3) is 0 Å². The minimum Gasteiger partial charge on any atom is -0.309 e. The summed E-state index contributed by atoms with van der Waals surface area (Å²) < 4.78 is 38.1. The molecule has 0 aliphatic heterocycles. The normalized spacial score (nSPS) is 13.1. The monoisotopic (exact) mass is 251 g/mol. The predicted octanol–water partition coefficient (Wildman–Crippen LogP) is 3.26. The van der Waals surface area contributed by atoms with Crippen LogP contribution >= 0.6 is 11.6 Å². The predicted molar refractivity (Wildman–Crippen MR) is 58.6 cm³/mol. The fourth-order valence-corrected chi connectivity index (χ4v) is 1.64. The van der Waals surface area contributed by atoms with E-state index < -0.39 is 18.3 Å². The van der Waals surface area contributed by atoms with Crippen molar-refractivity contribution in [2.24, 2.45) is 0 Å². The van der Waals surface area contributed by atoms with Gasteiger partial charge in [-0.1, -0.05) is 18.5 Å². The standard InChI is InChI=1S/C11H13ClF3N/c1-2-16-10(11(14)15)6-7-5-8(13)3-4-9(7)12/h3-5,10-11,16H,2,6H2,1H3. The average molecular weight is 252 g/mol. The summed E-state index contributed by atoms with van der Waals surface area (Å²) in [5.74, 6) is -0.469. The van der Waals surface area contributed by atoms with Gasteiger partial charge in [-0.05, 0) is 36.7 Å². The van der Waals surface area contributed by atoms with Crippen LogP contribution in [0.15, 0.2) is 18.2 Å². The molecule has 1 aromatic rings. The van der Waals surface area contributed by atoms with Gasteiger partial charge in [-0.25, -0.2) is 13.2 Å². The molecule has 1 aromatic carbocycles. The Morgan fingerprint density at radius 2 is 2.06 bits per heavy atom. The highest BCUT2D eigenvalue weighted by molar-refractivity contribution is 6.31. The van der Waals surface area contributed by atoms with Gasteiger partial charge in [0.25, 0.3) is 6.43 Å². The summed E-state index contributed by atoms with van der Waals surface area (Å²) in [6, 6.07) is 2.77. The highest BCUT2D eigenvalue weighted by Gasteiger charge is 2.20. The summed E-state index contributed by atoms with van der Waals surface area (Å²) in [6.07, 6.45) is -2.48. The van der Waals surface area contributed by atoms with Gasteiger partial charge in [-0.2, -0.15) is 0 Å². The van der Waals surface area contributed by atoms with Crippen LogP contribution in [0.1, 0.15) is 12.5 Å². The van der Waals surface area contributed by atoms with Crippen LogP contribution in [0.3, 0.4) is 0 Å². The molecule has 1 N–H and O–H groups in total. The van der Waals surface area contributed by atoms with Gasteiger partial charge in [-0.15, -0.1) is 0 Å². The Hall–Kier alpha value is -0.740. The summed E-state index contributed by atoms with van der Waals surface area (Å²) >= 11 is 5.81. The molecule has 1 atom stereocenters. The third-order valence-electron chi connectivity index (χ3n) is 2.22. The van der Waals surface area contributed by atoms with E-state index in [9.17, 15) is 13.2 Å². The third kappa shape index (κ3) is 3.68. The van der Waals surface area contributed by atoms with Gasteiger partial charge in [0.05, 0.1) is 6.04 Å². The maximum atomic E-state index is 12.9. The van der Waals surface area contributed by atoms with Crippen molar-refractivity contribution in [2.45, 2.75) is 25.8 Å². The van der Waals surface area contributed by atoms with Gasteiger partial charge in [0.15, 0.2) is 0 Å². The number of likely N-dealkylation sites (N-methyl/N-ethyl adjacent to an activating group) is 1. The molecule has 0 spiro atoms. The first-order valence-corrected chi connectivity index (χ1v) is 5.37. The van der Waals surface area contributed by atoms with Crippen molar-refractivity contribution in [3.05, 3.63) is 34.6 Å². The van der Waals surface area contributed by atoms with Crippen molar-refractivity contribution in [1.82, 2.24) is 5.32 Å². The average Bonchev–Trinajstić information content (AvgIpc) is 2.22. The Morgan fingerprint density at radius 1 is 1.38 bits per heavy atom. The van der Waals surface area contributed by atoms with Crippen LogP contribution in [0.5, 0.6) is 0 Å². The molecule has 1 unspecified atom stereocenters. The van der Waals surface area contributed by atoms with Crippen LogP contribution in [0.4, 0.5) is 13.2 Å². The van der Waals surface area contributed by atoms with Crippen LogP contribution in [0.2, 0.25) is 5.02 Å². The van der Waals surface area contributed by atoms with E-state index >= 15 is 0 Å². The van der Waals surface area contributed by atoms with E-state index in [1.807, 2.05) is 0 Å². The number of halogens is 4. The second-order valence-electron chi connectivity index (χ2n) is 3.44. The molecule has 5 heteroatoms. The van der Waals surface area contributed by atoms with E-state index in [2.05, 4.69) is 5.32 Å². The quantitative estimate of drug-likeness (QED) is 0.847. The number of hydrogen-bond donors (Lipinski definition) is 1. The van der Waals surface area contributed by atoms with Gasteiger partial charge in [0.1, 0.15) is 5.82 Å². The second kappa shape index (κ2) is 6.11.